The van der Waals surface area contributed by atoms with Crippen molar-refractivity contribution in [3.63, 3.8) is 0 Å². The fourth-order valence-corrected chi connectivity index (χ4v) is 2.63. The predicted octanol–water partition coefficient (Wildman–Crippen LogP) is 4.24. The number of halogens is 1. The topological polar surface area (TPSA) is 58.1 Å². The van der Waals surface area contributed by atoms with Gasteiger partial charge in [-0.05, 0) is 31.0 Å². The standard InChI is InChI=1S/C17H21BrN4O/c1-3-8-22(9-4-2)17(23)15-11-20-16(12-19-15)21-14-7-5-6-13(18)10-14/h5-7,10-12H,3-4,8-9H2,1-2H3,(H,20,21). The Hall–Kier alpha value is -1.95. The van der Waals surface area contributed by atoms with Crippen LogP contribution in [0.3, 0.4) is 0 Å². The van der Waals surface area contributed by atoms with Crippen LogP contribution in [-0.2, 0) is 0 Å². The SMILES string of the molecule is CCCN(CCC)C(=O)c1cnc(Nc2cccc(Br)c2)cn1. The highest BCUT2D eigenvalue weighted by Crippen LogP contribution is 2.18. The Morgan fingerprint density at radius 2 is 1.91 bits per heavy atom. The third-order valence-electron chi connectivity index (χ3n) is 3.24. The normalized spacial score (nSPS) is 10.4. The Kier molecular flexibility index (Phi) is 6.52. The van der Waals surface area contributed by atoms with Crippen LogP contribution in [0.15, 0.2) is 41.1 Å². The van der Waals surface area contributed by atoms with Crippen molar-refractivity contribution in [2.45, 2.75) is 26.7 Å². The maximum Gasteiger partial charge on any atom is 0.274 e. The zero-order chi connectivity index (χ0) is 16.7. The number of anilines is 2. The molecule has 1 aromatic heterocycles. The lowest BCUT2D eigenvalue weighted by Crippen LogP contribution is -2.33. The first kappa shape index (κ1) is 17.4. The van der Waals surface area contributed by atoms with Crippen molar-refractivity contribution in [1.82, 2.24) is 14.9 Å². The molecule has 1 aromatic carbocycles. The molecule has 1 N–H and O–H groups in total. The van der Waals surface area contributed by atoms with Gasteiger partial charge in [0.1, 0.15) is 11.5 Å². The van der Waals surface area contributed by atoms with Crippen LogP contribution < -0.4 is 5.32 Å². The number of hydrogen-bond donors (Lipinski definition) is 1. The molecule has 0 aliphatic carbocycles. The first-order valence-corrected chi connectivity index (χ1v) is 8.57. The monoisotopic (exact) mass is 376 g/mol. The second kappa shape index (κ2) is 8.62. The molecular formula is C17H21BrN4O. The van der Waals surface area contributed by atoms with Gasteiger partial charge in [-0.3, -0.25) is 4.79 Å². The zero-order valence-electron chi connectivity index (χ0n) is 13.4. The number of amides is 1. The number of aromatic nitrogens is 2. The lowest BCUT2D eigenvalue weighted by atomic mass is 10.3. The van der Waals surface area contributed by atoms with Crippen molar-refractivity contribution in [3.8, 4) is 0 Å². The van der Waals surface area contributed by atoms with E-state index in [2.05, 4.69) is 45.1 Å². The molecule has 1 amide bonds. The van der Waals surface area contributed by atoms with E-state index < -0.39 is 0 Å². The lowest BCUT2D eigenvalue weighted by Gasteiger charge is -2.20. The van der Waals surface area contributed by atoms with Crippen molar-refractivity contribution in [1.29, 1.82) is 0 Å². The van der Waals surface area contributed by atoms with Crippen LogP contribution in [0, 0.1) is 0 Å². The van der Waals surface area contributed by atoms with Gasteiger partial charge in [0.15, 0.2) is 0 Å². The third kappa shape index (κ3) is 5.03. The van der Waals surface area contributed by atoms with E-state index in [0.717, 1.165) is 36.1 Å². The third-order valence-corrected chi connectivity index (χ3v) is 3.74. The Morgan fingerprint density at radius 1 is 1.17 bits per heavy atom. The fraction of sp³-hybridized carbons (Fsp3) is 0.353. The molecule has 0 radical (unpaired) electrons. The van der Waals surface area contributed by atoms with Crippen molar-refractivity contribution in [2.24, 2.45) is 0 Å². The van der Waals surface area contributed by atoms with Crippen molar-refractivity contribution in [2.75, 3.05) is 18.4 Å². The van der Waals surface area contributed by atoms with Gasteiger partial charge in [0, 0.05) is 23.2 Å². The Balaban J connectivity index is 2.07. The molecule has 2 rings (SSSR count). The molecule has 0 unspecified atom stereocenters. The van der Waals surface area contributed by atoms with Gasteiger partial charge in [-0.25, -0.2) is 9.97 Å². The van der Waals surface area contributed by atoms with E-state index >= 15 is 0 Å². The highest BCUT2D eigenvalue weighted by atomic mass is 79.9. The average Bonchev–Trinajstić information content (AvgIpc) is 2.55. The first-order chi connectivity index (χ1) is 11.1. The lowest BCUT2D eigenvalue weighted by molar-refractivity contribution is 0.0749. The Morgan fingerprint density at radius 3 is 2.48 bits per heavy atom. The van der Waals surface area contributed by atoms with Gasteiger partial charge in [-0.2, -0.15) is 0 Å². The molecule has 23 heavy (non-hydrogen) atoms. The summed E-state index contributed by atoms with van der Waals surface area (Å²) < 4.78 is 0.983. The molecule has 0 fully saturated rings. The highest BCUT2D eigenvalue weighted by Gasteiger charge is 2.15. The van der Waals surface area contributed by atoms with Gasteiger partial charge < -0.3 is 10.2 Å². The minimum Gasteiger partial charge on any atom is -0.339 e. The van der Waals surface area contributed by atoms with Gasteiger partial charge in [-0.1, -0.05) is 35.8 Å². The van der Waals surface area contributed by atoms with Crippen LogP contribution in [0.25, 0.3) is 0 Å². The summed E-state index contributed by atoms with van der Waals surface area (Å²) >= 11 is 3.43. The summed E-state index contributed by atoms with van der Waals surface area (Å²) in [6.07, 6.45) is 4.98. The smallest absolute Gasteiger partial charge is 0.274 e. The Labute approximate surface area is 145 Å². The average molecular weight is 377 g/mol. The van der Waals surface area contributed by atoms with Crippen LogP contribution >= 0.6 is 15.9 Å². The molecule has 0 bridgehead atoms. The summed E-state index contributed by atoms with van der Waals surface area (Å²) in [5, 5.41) is 3.16. The maximum atomic E-state index is 12.4. The second-order valence-corrected chi connectivity index (χ2v) is 6.13. The molecule has 0 saturated heterocycles. The summed E-state index contributed by atoms with van der Waals surface area (Å²) in [7, 11) is 0. The number of rotatable bonds is 7. The van der Waals surface area contributed by atoms with Crippen molar-refractivity contribution < 1.29 is 4.79 Å². The predicted molar refractivity (Wildman–Crippen MR) is 95.9 cm³/mol. The van der Waals surface area contributed by atoms with E-state index in [1.54, 1.807) is 6.20 Å². The largest absolute Gasteiger partial charge is 0.339 e. The molecule has 1 heterocycles. The fourth-order valence-electron chi connectivity index (χ4n) is 2.23. The molecular weight excluding hydrogens is 356 g/mol. The molecule has 0 aliphatic rings. The summed E-state index contributed by atoms with van der Waals surface area (Å²) in [6, 6.07) is 7.78. The summed E-state index contributed by atoms with van der Waals surface area (Å²) in [5.74, 6) is 0.549. The first-order valence-electron chi connectivity index (χ1n) is 7.78. The van der Waals surface area contributed by atoms with Gasteiger partial charge in [0.2, 0.25) is 0 Å². The molecule has 6 heteroatoms. The van der Waals surface area contributed by atoms with E-state index in [1.807, 2.05) is 29.2 Å². The quantitative estimate of drug-likeness (QED) is 0.784. The Bertz CT molecular complexity index is 639. The molecule has 2 aromatic rings. The summed E-state index contributed by atoms with van der Waals surface area (Å²) in [6.45, 7) is 5.61. The number of hydrogen-bond acceptors (Lipinski definition) is 4. The highest BCUT2D eigenvalue weighted by molar-refractivity contribution is 9.10. The van der Waals surface area contributed by atoms with Crippen LogP contribution in [-0.4, -0.2) is 33.9 Å². The van der Waals surface area contributed by atoms with Crippen LogP contribution in [0.2, 0.25) is 0 Å². The second-order valence-electron chi connectivity index (χ2n) is 5.21. The van der Waals surface area contributed by atoms with Gasteiger partial charge in [0.25, 0.3) is 5.91 Å². The van der Waals surface area contributed by atoms with E-state index in [9.17, 15) is 4.79 Å². The number of carbonyl (C=O) groups is 1. The molecule has 0 atom stereocenters. The minimum atomic E-state index is -0.0600. The molecule has 0 aliphatic heterocycles. The maximum absolute atomic E-state index is 12.4. The number of carbonyl (C=O) groups excluding carboxylic acids is 1. The molecule has 0 saturated carbocycles. The van der Waals surface area contributed by atoms with Crippen LogP contribution in [0.4, 0.5) is 11.5 Å². The van der Waals surface area contributed by atoms with Crippen LogP contribution in [0.1, 0.15) is 37.2 Å². The van der Waals surface area contributed by atoms with Crippen molar-refractivity contribution in [3.05, 3.63) is 46.8 Å². The molecule has 0 spiro atoms. The number of nitrogens with one attached hydrogen (secondary N) is 1. The van der Waals surface area contributed by atoms with E-state index in [0.29, 0.717) is 11.5 Å². The van der Waals surface area contributed by atoms with Crippen molar-refractivity contribution >= 4 is 33.3 Å². The summed E-state index contributed by atoms with van der Waals surface area (Å²) in [5.41, 5.74) is 1.29. The minimum absolute atomic E-state index is 0.0600. The molecule has 5 nitrogen and oxygen atoms in total. The molecule has 122 valence electrons. The van der Waals surface area contributed by atoms with E-state index in [4.69, 9.17) is 0 Å². The van der Waals surface area contributed by atoms with Gasteiger partial charge >= 0.3 is 0 Å². The van der Waals surface area contributed by atoms with E-state index in [1.165, 1.54) is 6.20 Å². The van der Waals surface area contributed by atoms with Gasteiger partial charge in [-0.15, -0.1) is 0 Å². The van der Waals surface area contributed by atoms with E-state index in [-0.39, 0.29) is 5.91 Å². The number of nitrogens with zero attached hydrogens (tertiary/aromatic N) is 3. The van der Waals surface area contributed by atoms with Crippen LogP contribution in [0.5, 0.6) is 0 Å². The van der Waals surface area contributed by atoms with Gasteiger partial charge in [0.05, 0.1) is 12.4 Å². The summed E-state index contributed by atoms with van der Waals surface area (Å²) in [4.78, 5) is 22.8. The zero-order valence-corrected chi connectivity index (χ0v) is 15.0. The number of benzene rings is 1.